The maximum absolute atomic E-state index is 13.5. The molecule has 2 aliphatic heterocycles. The summed E-state index contributed by atoms with van der Waals surface area (Å²) < 4.78 is 41.8. The van der Waals surface area contributed by atoms with Crippen molar-refractivity contribution in [1.82, 2.24) is 25.3 Å². The minimum Gasteiger partial charge on any atom is -0.485 e. The van der Waals surface area contributed by atoms with Crippen LogP contribution >= 0.6 is 11.3 Å². The Bertz CT molecular complexity index is 1920. The molecule has 0 spiro atoms. The summed E-state index contributed by atoms with van der Waals surface area (Å²) in [7, 11) is -5.03. The molecule has 1 aromatic carbocycles. The van der Waals surface area contributed by atoms with Crippen molar-refractivity contribution in [3.8, 4) is 16.9 Å². The summed E-state index contributed by atoms with van der Waals surface area (Å²) in [5.74, 6) is -2.54. The lowest BCUT2D eigenvalue weighted by Gasteiger charge is -2.50. The van der Waals surface area contributed by atoms with E-state index in [1.165, 1.54) is 26.2 Å². The first-order valence-corrected chi connectivity index (χ1v) is 17.4. The highest BCUT2D eigenvalue weighted by Gasteiger charge is 2.58. The van der Waals surface area contributed by atoms with E-state index >= 15 is 0 Å². The summed E-state index contributed by atoms with van der Waals surface area (Å²) in [6.07, 6.45) is 3.72. The van der Waals surface area contributed by atoms with Gasteiger partial charge in [0.05, 0.1) is 5.54 Å². The molecule has 50 heavy (non-hydrogen) atoms. The maximum atomic E-state index is 13.5. The number of carboxylic acids is 1. The van der Waals surface area contributed by atoms with Gasteiger partial charge in [-0.05, 0) is 69.8 Å². The summed E-state index contributed by atoms with van der Waals surface area (Å²) in [4.78, 5) is 57.1. The number of benzene rings is 1. The quantitative estimate of drug-likeness (QED) is 0.0438. The number of nitrogens with one attached hydrogen (secondary N) is 2. The van der Waals surface area contributed by atoms with Gasteiger partial charge >= 0.3 is 16.4 Å². The van der Waals surface area contributed by atoms with Crippen LogP contribution in [0.3, 0.4) is 0 Å². The number of β-lactam (4-membered cyclic amide) rings is 1. The Morgan fingerprint density at radius 3 is 2.58 bits per heavy atom. The Morgan fingerprint density at radius 1 is 1.26 bits per heavy atom. The molecule has 2 aromatic heterocycles. The third-order valence-electron chi connectivity index (χ3n) is 8.12. The number of carbonyl (C=O) groups excluding carboxylic acids is 2. The fourth-order valence-electron chi connectivity index (χ4n) is 5.22. The molecule has 3 aromatic rings. The van der Waals surface area contributed by atoms with Crippen molar-refractivity contribution in [2.45, 2.75) is 63.3 Å². The summed E-state index contributed by atoms with van der Waals surface area (Å²) in [6.45, 7) is 5.19. The number of aryl methyl sites for hydroxylation is 1. The number of amides is 2. The maximum Gasteiger partial charge on any atom is 0.418 e. The Morgan fingerprint density at radius 2 is 1.98 bits per heavy atom. The molecular weight excluding hydrogens is 699 g/mol. The smallest absolute Gasteiger partial charge is 0.418 e. The molecule has 4 heterocycles. The van der Waals surface area contributed by atoms with Crippen LogP contribution in [-0.2, 0) is 40.3 Å². The third kappa shape index (κ3) is 7.60. The van der Waals surface area contributed by atoms with Crippen molar-refractivity contribution < 1.29 is 46.3 Å². The first kappa shape index (κ1) is 36.3. The molecule has 8 N–H and O–H groups in total. The number of hydrogen-bond donors (Lipinski definition) is 6. The Balaban J connectivity index is 1.33. The van der Waals surface area contributed by atoms with Crippen LogP contribution in [0, 0.1) is 0 Å². The number of hydrogen-bond acceptors (Lipinski definition) is 16. The van der Waals surface area contributed by atoms with Gasteiger partial charge in [0.1, 0.15) is 17.5 Å². The topological polar surface area (TPSA) is 284 Å². The number of ether oxygens (including phenoxy) is 1. The largest absolute Gasteiger partial charge is 0.485 e. The SMILES string of the molecule is CC(ON=C(C(=O)NC1C(=O)N(OS(=O)(=O)O)C1(C)C)c1csc(N)n1)(C(=O)O)C1CCc2cc(-c3cnc(NCCCN)nc3)ccc2O1. The van der Waals surface area contributed by atoms with E-state index in [0.29, 0.717) is 36.3 Å². The van der Waals surface area contributed by atoms with Crippen molar-refractivity contribution in [3.05, 3.63) is 47.2 Å². The first-order valence-electron chi connectivity index (χ1n) is 15.1. The molecule has 2 aliphatic rings. The molecule has 3 unspecified atom stereocenters. The van der Waals surface area contributed by atoms with Gasteiger partial charge in [-0.15, -0.1) is 15.6 Å². The second-order valence-corrected chi connectivity index (χ2v) is 13.9. The van der Waals surface area contributed by atoms with Crippen molar-refractivity contribution in [3.63, 3.8) is 0 Å². The lowest BCUT2D eigenvalue weighted by Crippen LogP contribution is -2.76. The molecule has 0 radical (unpaired) electrons. The molecule has 3 atom stereocenters. The van der Waals surface area contributed by atoms with Crippen molar-refractivity contribution >= 4 is 56.3 Å². The number of aromatic nitrogens is 3. The molecule has 0 saturated carbocycles. The molecule has 1 saturated heterocycles. The number of nitrogen functional groups attached to an aromatic ring is 1. The van der Waals surface area contributed by atoms with Gasteiger partial charge < -0.3 is 36.8 Å². The Labute approximate surface area is 289 Å². The zero-order chi connectivity index (χ0) is 36.4. The highest BCUT2D eigenvalue weighted by Crippen LogP contribution is 2.37. The standard InChI is InChI=1S/C29H35N9O10S2/c1-28(2)22(24(40)38(28)48-50(43,44)45)36-23(39)21(18-14-49-26(31)35-18)37-47-29(3,25(41)42)20-8-6-16-11-15(5-7-19(16)46-20)17-12-33-27(34-13-17)32-10-4-9-30/h5,7,11-14,20,22H,4,6,8-10,30H2,1-3H3,(H2,31,35)(H,36,39)(H,41,42)(H,32,33,34)(H,43,44,45). The number of oxime groups is 1. The van der Waals surface area contributed by atoms with Gasteiger partial charge in [-0.1, -0.05) is 11.2 Å². The summed E-state index contributed by atoms with van der Waals surface area (Å²) in [5, 5.41) is 21.5. The van der Waals surface area contributed by atoms with Crippen LogP contribution in [0.5, 0.6) is 5.75 Å². The van der Waals surface area contributed by atoms with E-state index in [2.05, 4.69) is 35.0 Å². The summed E-state index contributed by atoms with van der Waals surface area (Å²) in [5.41, 5.74) is 9.54. The number of thiazole rings is 1. The molecule has 19 nitrogen and oxygen atoms in total. The molecule has 2 amide bonds. The van der Waals surface area contributed by atoms with Gasteiger partial charge in [0.15, 0.2) is 16.9 Å². The fourth-order valence-corrected chi connectivity index (χ4v) is 6.22. The normalized spacial score (nSPS) is 19.7. The molecule has 0 aliphatic carbocycles. The summed E-state index contributed by atoms with van der Waals surface area (Å²) in [6, 6.07) is 4.07. The molecular formula is C29H35N9O10S2. The fraction of sp³-hybridized carbons (Fsp3) is 0.414. The second-order valence-electron chi connectivity index (χ2n) is 12.0. The van der Waals surface area contributed by atoms with Crippen molar-refractivity contribution in [2.24, 2.45) is 10.9 Å². The average molecular weight is 734 g/mol. The average Bonchev–Trinajstić information content (AvgIpc) is 3.50. The predicted octanol–water partition coefficient (Wildman–Crippen LogP) is 0.741. The number of anilines is 2. The Hall–Kier alpha value is -4.96. The van der Waals surface area contributed by atoms with Crippen LogP contribution < -0.4 is 26.8 Å². The number of hydroxylamine groups is 2. The van der Waals surface area contributed by atoms with Crippen LogP contribution in [-0.4, -0.2) is 98.0 Å². The molecule has 1 fully saturated rings. The highest BCUT2D eigenvalue weighted by atomic mass is 32.3. The number of nitrogens with two attached hydrogens (primary N) is 2. The monoisotopic (exact) mass is 733 g/mol. The van der Waals surface area contributed by atoms with E-state index in [9.17, 15) is 27.9 Å². The number of fused-ring (bicyclic) bond motifs is 1. The highest BCUT2D eigenvalue weighted by molar-refractivity contribution is 7.80. The first-order chi connectivity index (χ1) is 23.5. The zero-order valence-electron chi connectivity index (χ0n) is 27.0. The van der Waals surface area contributed by atoms with E-state index < -0.39 is 57.2 Å². The van der Waals surface area contributed by atoms with Gasteiger partial charge in [0, 0.05) is 29.9 Å². The minimum absolute atomic E-state index is 0.0579. The van der Waals surface area contributed by atoms with E-state index in [1.54, 1.807) is 24.5 Å². The van der Waals surface area contributed by atoms with Crippen LogP contribution in [0.2, 0.25) is 0 Å². The second kappa shape index (κ2) is 14.1. The predicted molar refractivity (Wildman–Crippen MR) is 178 cm³/mol. The number of aliphatic carboxylic acids is 1. The summed E-state index contributed by atoms with van der Waals surface area (Å²) >= 11 is 0.964. The molecule has 21 heteroatoms. The van der Waals surface area contributed by atoms with Crippen LogP contribution in [0.15, 0.2) is 41.1 Å². The minimum atomic E-state index is -5.03. The number of rotatable bonds is 14. The molecule has 5 rings (SSSR count). The third-order valence-corrected chi connectivity index (χ3v) is 9.13. The van der Waals surface area contributed by atoms with Crippen LogP contribution in [0.1, 0.15) is 44.9 Å². The van der Waals surface area contributed by atoms with Gasteiger partial charge in [-0.2, -0.15) is 13.5 Å². The van der Waals surface area contributed by atoms with Gasteiger partial charge in [-0.25, -0.2) is 19.7 Å². The van der Waals surface area contributed by atoms with Gasteiger partial charge in [-0.3, -0.25) is 14.1 Å². The van der Waals surface area contributed by atoms with E-state index in [0.717, 1.165) is 34.4 Å². The van der Waals surface area contributed by atoms with E-state index in [4.69, 9.17) is 25.6 Å². The van der Waals surface area contributed by atoms with E-state index in [-0.39, 0.29) is 17.2 Å². The molecule has 0 bridgehead atoms. The number of carbonyl (C=O) groups is 3. The van der Waals surface area contributed by atoms with Gasteiger partial charge in [0.25, 0.3) is 17.4 Å². The van der Waals surface area contributed by atoms with E-state index in [1.807, 2.05) is 6.07 Å². The van der Waals surface area contributed by atoms with Crippen LogP contribution in [0.4, 0.5) is 11.1 Å². The number of nitrogens with zero attached hydrogens (tertiary/aromatic N) is 5. The molecule has 268 valence electrons. The Kier molecular flexibility index (Phi) is 10.3. The van der Waals surface area contributed by atoms with Crippen molar-refractivity contribution in [2.75, 3.05) is 24.1 Å². The number of carboxylic acid groups (broad SMARTS) is 1. The lowest BCUT2D eigenvalue weighted by atomic mass is 9.84. The lowest BCUT2D eigenvalue weighted by molar-refractivity contribution is -0.218. The van der Waals surface area contributed by atoms with Crippen molar-refractivity contribution in [1.29, 1.82) is 0 Å². The zero-order valence-corrected chi connectivity index (χ0v) is 28.7. The van der Waals surface area contributed by atoms with Gasteiger partial charge in [0.2, 0.25) is 5.95 Å². The van der Waals surface area contributed by atoms with Crippen LogP contribution in [0.25, 0.3) is 11.1 Å².